The molecule has 1 amide bonds. The molecule has 0 saturated heterocycles. The summed E-state index contributed by atoms with van der Waals surface area (Å²) in [7, 11) is 0. The highest BCUT2D eigenvalue weighted by molar-refractivity contribution is 5.91. The number of aromatic amines is 1. The van der Waals surface area contributed by atoms with Crippen molar-refractivity contribution >= 4 is 11.7 Å². The Morgan fingerprint density at radius 1 is 1.18 bits per heavy atom. The molecule has 1 aliphatic rings. The Hall–Kier alpha value is -3.12. The smallest absolute Gasteiger partial charge is 0.263 e. The van der Waals surface area contributed by atoms with Gasteiger partial charge in [0.25, 0.3) is 5.91 Å². The standard InChI is InChI=1S/C22H24N4O2/c1-16-7-9-18(10-8-16)28-15-21(27)23-22-19-11-12-26(14-20(19)24-25-22)13-17-5-3-2-4-6-17/h2-10H,11-15H2,1H3,(H2,23,24,25,27). The minimum absolute atomic E-state index is 0.0369. The molecule has 1 aliphatic heterocycles. The zero-order valence-corrected chi connectivity index (χ0v) is 15.9. The highest BCUT2D eigenvalue weighted by atomic mass is 16.5. The molecule has 6 heteroatoms. The summed E-state index contributed by atoms with van der Waals surface area (Å²) in [6, 6.07) is 18.1. The molecule has 0 aliphatic carbocycles. The van der Waals surface area contributed by atoms with E-state index in [0.29, 0.717) is 11.6 Å². The summed E-state index contributed by atoms with van der Waals surface area (Å²) >= 11 is 0. The summed E-state index contributed by atoms with van der Waals surface area (Å²) in [6.45, 7) is 4.62. The second-order valence-corrected chi connectivity index (χ2v) is 7.13. The third-order valence-corrected chi connectivity index (χ3v) is 4.91. The first-order chi connectivity index (χ1) is 13.7. The lowest BCUT2D eigenvalue weighted by Crippen LogP contribution is -2.30. The van der Waals surface area contributed by atoms with Gasteiger partial charge in [-0.3, -0.25) is 14.8 Å². The van der Waals surface area contributed by atoms with Gasteiger partial charge in [-0.25, -0.2) is 0 Å². The van der Waals surface area contributed by atoms with Gasteiger partial charge in [0.05, 0.1) is 5.69 Å². The molecular weight excluding hydrogens is 352 g/mol. The molecule has 4 rings (SSSR count). The van der Waals surface area contributed by atoms with Crippen LogP contribution >= 0.6 is 0 Å². The number of nitrogens with zero attached hydrogens (tertiary/aromatic N) is 2. The van der Waals surface area contributed by atoms with Crippen LogP contribution in [-0.4, -0.2) is 34.2 Å². The maximum absolute atomic E-state index is 12.2. The van der Waals surface area contributed by atoms with Crippen LogP contribution in [0, 0.1) is 6.92 Å². The summed E-state index contributed by atoms with van der Waals surface area (Å²) in [5.41, 5.74) is 4.61. The monoisotopic (exact) mass is 376 g/mol. The Kier molecular flexibility index (Phi) is 5.39. The lowest BCUT2D eigenvalue weighted by Gasteiger charge is -2.26. The number of amides is 1. The van der Waals surface area contributed by atoms with E-state index in [-0.39, 0.29) is 12.5 Å². The molecule has 2 heterocycles. The Labute approximate surface area is 164 Å². The van der Waals surface area contributed by atoms with Gasteiger partial charge in [-0.2, -0.15) is 5.10 Å². The van der Waals surface area contributed by atoms with E-state index in [2.05, 4.69) is 44.7 Å². The number of anilines is 1. The van der Waals surface area contributed by atoms with Gasteiger partial charge >= 0.3 is 0 Å². The van der Waals surface area contributed by atoms with Crippen molar-refractivity contribution in [3.8, 4) is 5.75 Å². The van der Waals surface area contributed by atoms with E-state index >= 15 is 0 Å². The third kappa shape index (κ3) is 4.40. The van der Waals surface area contributed by atoms with Crippen molar-refractivity contribution in [1.29, 1.82) is 0 Å². The summed E-state index contributed by atoms with van der Waals surface area (Å²) in [5.74, 6) is 1.09. The maximum Gasteiger partial charge on any atom is 0.263 e. The number of rotatable bonds is 6. The fourth-order valence-corrected chi connectivity index (χ4v) is 3.41. The van der Waals surface area contributed by atoms with Gasteiger partial charge in [0, 0.05) is 25.2 Å². The molecule has 0 spiro atoms. The van der Waals surface area contributed by atoms with Gasteiger partial charge in [-0.05, 0) is 31.0 Å². The summed E-state index contributed by atoms with van der Waals surface area (Å²) in [5, 5.41) is 10.3. The van der Waals surface area contributed by atoms with Crippen LogP contribution in [0.4, 0.5) is 5.82 Å². The molecule has 0 atom stereocenters. The van der Waals surface area contributed by atoms with Gasteiger partial charge in [-0.1, -0.05) is 48.0 Å². The molecule has 0 fully saturated rings. The van der Waals surface area contributed by atoms with Crippen LogP contribution < -0.4 is 10.1 Å². The SMILES string of the molecule is Cc1ccc(OCC(=O)Nc2n[nH]c3c2CCN(Cc2ccccc2)C3)cc1. The van der Waals surface area contributed by atoms with E-state index in [1.54, 1.807) is 0 Å². The predicted octanol–water partition coefficient (Wildman–Crippen LogP) is 3.29. The highest BCUT2D eigenvalue weighted by Crippen LogP contribution is 2.24. The summed E-state index contributed by atoms with van der Waals surface area (Å²) in [6.07, 6.45) is 0.854. The lowest BCUT2D eigenvalue weighted by molar-refractivity contribution is -0.118. The van der Waals surface area contributed by atoms with Crippen molar-refractivity contribution in [2.24, 2.45) is 0 Å². The van der Waals surface area contributed by atoms with E-state index < -0.39 is 0 Å². The number of hydrogen-bond acceptors (Lipinski definition) is 4. The number of carbonyl (C=O) groups excluding carboxylic acids is 1. The minimum atomic E-state index is -0.207. The maximum atomic E-state index is 12.2. The van der Waals surface area contributed by atoms with Crippen molar-refractivity contribution in [1.82, 2.24) is 15.1 Å². The molecule has 3 aromatic rings. The summed E-state index contributed by atoms with van der Waals surface area (Å²) in [4.78, 5) is 14.6. The normalized spacial score (nSPS) is 13.8. The molecule has 1 aromatic heterocycles. The van der Waals surface area contributed by atoms with Crippen LogP contribution in [0.15, 0.2) is 54.6 Å². The number of hydrogen-bond donors (Lipinski definition) is 2. The first kappa shape index (κ1) is 18.3. The zero-order chi connectivity index (χ0) is 19.3. The fourth-order valence-electron chi connectivity index (χ4n) is 3.41. The number of carbonyl (C=O) groups is 1. The molecule has 144 valence electrons. The second kappa shape index (κ2) is 8.27. The highest BCUT2D eigenvalue weighted by Gasteiger charge is 2.22. The molecule has 0 saturated carbocycles. The number of ether oxygens (including phenoxy) is 1. The molecule has 0 bridgehead atoms. The van der Waals surface area contributed by atoms with Crippen LogP contribution in [0.5, 0.6) is 5.75 Å². The molecule has 2 N–H and O–H groups in total. The van der Waals surface area contributed by atoms with E-state index in [1.165, 1.54) is 5.56 Å². The first-order valence-corrected chi connectivity index (χ1v) is 9.49. The zero-order valence-electron chi connectivity index (χ0n) is 15.9. The average Bonchev–Trinajstić information content (AvgIpc) is 3.10. The largest absolute Gasteiger partial charge is 0.484 e. The molecule has 0 unspecified atom stereocenters. The molecule has 28 heavy (non-hydrogen) atoms. The van der Waals surface area contributed by atoms with Gasteiger partial charge in [0.1, 0.15) is 5.75 Å². The molecular formula is C22H24N4O2. The average molecular weight is 376 g/mol. The van der Waals surface area contributed by atoms with Crippen LogP contribution in [0.25, 0.3) is 0 Å². The minimum Gasteiger partial charge on any atom is -0.484 e. The fraction of sp³-hybridized carbons (Fsp3) is 0.273. The Bertz CT molecular complexity index is 935. The van der Waals surface area contributed by atoms with E-state index in [1.807, 2.05) is 37.3 Å². The Morgan fingerprint density at radius 3 is 2.75 bits per heavy atom. The molecule has 0 radical (unpaired) electrons. The number of nitrogens with one attached hydrogen (secondary N) is 2. The third-order valence-electron chi connectivity index (χ3n) is 4.91. The Balaban J connectivity index is 1.32. The number of benzene rings is 2. The van der Waals surface area contributed by atoms with Crippen molar-refractivity contribution in [3.63, 3.8) is 0 Å². The summed E-state index contributed by atoms with van der Waals surface area (Å²) < 4.78 is 5.54. The van der Waals surface area contributed by atoms with Crippen molar-refractivity contribution < 1.29 is 9.53 Å². The molecule has 6 nitrogen and oxygen atoms in total. The van der Waals surface area contributed by atoms with E-state index in [9.17, 15) is 4.79 Å². The molecule has 2 aromatic carbocycles. The Morgan fingerprint density at radius 2 is 1.96 bits per heavy atom. The van der Waals surface area contributed by atoms with Gasteiger partial charge in [0.2, 0.25) is 0 Å². The van der Waals surface area contributed by atoms with Crippen molar-refractivity contribution in [2.45, 2.75) is 26.4 Å². The topological polar surface area (TPSA) is 70.2 Å². The van der Waals surface area contributed by atoms with Crippen LogP contribution in [0.2, 0.25) is 0 Å². The number of H-pyrrole nitrogens is 1. The van der Waals surface area contributed by atoms with Gasteiger partial charge < -0.3 is 10.1 Å². The number of fused-ring (bicyclic) bond motifs is 1. The van der Waals surface area contributed by atoms with Gasteiger partial charge in [0.15, 0.2) is 12.4 Å². The van der Waals surface area contributed by atoms with Crippen LogP contribution in [-0.2, 0) is 24.3 Å². The first-order valence-electron chi connectivity index (χ1n) is 9.49. The van der Waals surface area contributed by atoms with Crippen molar-refractivity contribution in [3.05, 3.63) is 77.0 Å². The number of aryl methyl sites for hydroxylation is 1. The van der Waals surface area contributed by atoms with Gasteiger partial charge in [-0.15, -0.1) is 0 Å². The quantitative estimate of drug-likeness (QED) is 0.693. The van der Waals surface area contributed by atoms with Crippen LogP contribution in [0.1, 0.15) is 22.4 Å². The van der Waals surface area contributed by atoms with E-state index in [0.717, 1.165) is 42.9 Å². The second-order valence-electron chi connectivity index (χ2n) is 7.13. The predicted molar refractivity (Wildman–Crippen MR) is 108 cm³/mol. The number of aromatic nitrogens is 2. The van der Waals surface area contributed by atoms with Crippen LogP contribution in [0.3, 0.4) is 0 Å². The van der Waals surface area contributed by atoms with E-state index in [4.69, 9.17) is 4.74 Å². The lowest BCUT2D eigenvalue weighted by atomic mass is 10.1. The van der Waals surface area contributed by atoms with Crippen molar-refractivity contribution in [2.75, 3.05) is 18.5 Å².